The summed E-state index contributed by atoms with van der Waals surface area (Å²) in [6.07, 6.45) is -0.0291. The molecular formula is C23H25NO5. The lowest BCUT2D eigenvalue weighted by Crippen LogP contribution is -2.52. The van der Waals surface area contributed by atoms with Crippen LogP contribution in [0.25, 0.3) is 0 Å². The topological polar surface area (TPSA) is 76.1 Å². The van der Waals surface area contributed by atoms with Gasteiger partial charge in [-0.25, -0.2) is 0 Å². The maximum atomic E-state index is 13.4. The molecule has 4 rings (SSSR count). The van der Waals surface area contributed by atoms with Crippen LogP contribution in [0.4, 0.5) is 0 Å². The number of amides is 1. The molecule has 6 nitrogen and oxygen atoms in total. The zero-order valence-electron chi connectivity index (χ0n) is 16.6. The van der Waals surface area contributed by atoms with Gasteiger partial charge in [-0.05, 0) is 25.0 Å². The zero-order chi connectivity index (χ0) is 20.7. The fourth-order valence-electron chi connectivity index (χ4n) is 4.67. The minimum absolute atomic E-state index is 0.0291. The predicted molar refractivity (Wildman–Crippen MR) is 106 cm³/mol. The van der Waals surface area contributed by atoms with Gasteiger partial charge in [-0.2, -0.15) is 0 Å². The van der Waals surface area contributed by atoms with Gasteiger partial charge in [0.25, 0.3) is 0 Å². The molecule has 0 aromatic heterocycles. The Balaban J connectivity index is 1.94. The number of nitrogens with zero attached hydrogens (tertiary/aromatic N) is 1. The number of carbonyl (C=O) groups excluding carboxylic acids is 2. The van der Waals surface area contributed by atoms with Crippen LogP contribution in [0.5, 0.6) is 0 Å². The summed E-state index contributed by atoms with van der Waals surface area (Å²) in [5.41, 5.74) is -1.42. The van der Waals surface area contributed by atoms with Crippen LogP contribution in [0.1, 0.15) is 31.4 Å². The molecule has 152 valence electrons. The van der Waals surface area contributed by atoms with Crippen LogP contribution in [0.3, 0.4) is 0 Å². The normalized spacial score (nSPS) is 27.7. The highest BCUT2D eigenvalue weighted by molar-refractivity contribution is 6.06. The molecule has 0 saturated carbocycles. The van der Waals surface area contributed by atoms with Crippen LogP contribution in [0, 0.1) is 5.41 Å². The first-order valence-electron chi connectivity index (χ1n) is 9.94. The van der Waals surface area contributed by atoms with E-state index in [0.29, 0.717) is 6.54 Å². The van der Waals surface area contributed by atoms with E-state index >= 15 is 0 Å². The van der Waals surface area contributed by atoms with E-state index < -0.39 is 28.7 Å². The van der Waals surface area contributed by atoms with Crippen molar-refractivity contribution >= 4 is 11.9 Å². The highest BCUT2D eigenvalue weighted by atomic mass is 16.7. The number of β-amino-alcohol motifs (C(OH)–C–C–N with tert-alkyl or cyclic N) is 1. The van der Waals surface area contributed by atoms with Crippen LogP contribution in [-0.4, -0.2) is 47.4 Å². The number of esters is 1. The smallest absolute Gasteiger partial charge is 0.327 e. The third-order valence-electron chi connectivity index (χ3n) is 6.07. The molecule has 0 unspecified atom stereocenters. The predicted octanol–water partition coefficient (Wildman–Crippen LogP) is 2.45. The number of likely N-dealkylation sites (N-methyl/N-ethyl adjacent to an activating group) is 1. The molecule has 2 fully saturated rings. The second-order valence-corrected chi connectivity index (χ2v) is 7.57. The average Bonchev–Trinajstić information content (AvgIpc) is 3.15. The Kier molecular flexibility index (Phi) is 4.71. The summed E-state index contributed by atoms with van der Waals surface area (Å²) in [5.74, 6) is -3.18. The lowest BCUT2D eigenvalue weighted by atomic mass is 9.72. The molecule has 2 aliphatic heterocycles. The molecular weight excluding hydrogens is 370 g/mol. The molecule has 2 aromatic rings. The van der Waals surface area contributed by atoms with Gasteiger partial charge in [-0.3, -0.25) is 9.59 Å². The molecule has 1 amide bonds. The highest BCUT2D eigenvalue weighted by Gasteiger charge is 2.78. The van der Waals surface area contributed by atoms with Crippen molar-refractivity contribution in [3.8, 4) is 0 Å². The van der Waals surface area contributed by atoms with Crippen molar-refractivity contribution in [2.45, 2.75) is 31.7 Å². The Morgan fingerprint density at radius 2 is 1.62 bits per heavy atom. The molecule has 1 N–H and O–H groups in total. The van der Waals surface area contributed by atoms with Crippen molar-refractivity contribution in [2.75, 3.05) is 19.7 Å². The molecule has 2 saturated heterocycles. The second-order valence-electron chi connectivity index (χ2n) is 7.57. The standard InChI is InChI=1S/C23H25NO5/c1-3-24-16-23(27)21(19(24)25,20(26)28-4-2)15-22(29-23,17-11-7-5-8-12-17)18-13-9-6-10-14-18/h5-14,27H,3-4,15-16H2,1-2H3/t21-,23+/m0/s1. The molecule has 2 heterocycles. The molecule has 0 spiro atoms. The van der Waals surface area contributed by atoms with Crippen LogP contribution in [0.15, 0.2) is 60.7 Å². The van der Waals surface area contributed by atoms with Gasteiger partial charge in [0.2, 0.25) is 17.1 Å². The lowest BCUT2D eigenvalue weighted by Gasteiger charge is -2.33. The molecule has 2 aliphatic rings. The average molecular weight is 395 g/mol. The van der Waals surface area contributed by atoms with E-state index in [9.17, 15) is 14.7 Å². The maximum Gasteiger partial charge on any atom is 0.327 e. The van der Waals surface area contributed by atoms with Crippen molar-refractivity contribution in [1.29, 1.82) is 0 Å². The summed E-state index contributed by atoms with van der Waals surface area (Å²) < 4.78 is 11.7. The van der Waals surface area contributed by atoms with Gasteiger partial charge in [-0.1, -0.05) is 60.7 Å². The molecule has 0 bridgehead atoms. The third kappa shape index (κ3) is 2.63. The number of fused-ring (bicyclic) bond motifs is 1. The van der Waals surface area contributed by atoms with Crippen LogP contribution in [0.2, 0.25) is 0 Å². The summed E-state index contributed by atoms with van der Waals surface area (Å²) in [6, 6.07) is 18.8. The van der Waals surface area contributed by atoms with Crippen molar-refractivity contribution in [2.24, 2.45) is 5.41 Å². The van der Waals surface area contributed by atoms with E-state index in [1.54, 1.807) is 6.92 Å². The molecule has 0 radical (unpaired) electrons. The monoisotopic (exact) mass is 395 g/mol. The first kappa shape index (κ1) is 19.6. The minimum Gasteiger partial charge on any atom is -0.465 e. The summed E-state index contributed by atoms with van der Waals surface area (Å²) >= 11 is 0. The van der Waals surface area contributed by atoms with Crippen molar-refractivity contribution in [3.05, 3.63) is 71.8 Å². The van der Waals surface area contributed by atoms with Gasteiger partial charge >= 0.3 is 5.97 Å². The van der Waals surface area contributed by atoms with E-state index in [0.717, 1.165) is 11.1 Å². The fraction of sp³-hybridized carbons (Fsp3) is 0.391. The second kappa shape index (κ2) is 6.97. The first-order chi connectivity index (χ1) is 13.9. The number of carbonyl (C=O) groups is 2. The third-order valence-corrected chi connectivity index (χ3v) is 6.07. The van der Waals surface area contributed by atoms with Gasteiger partial charge in [-0.15, -0.1) is 0 Å². The number of aliphatic hydroxyl groups is 1. The Bertz CT molecular complexity index is 876. The van der Waals surface area contributed by atoms with E-state index in [-0.39, 0.29) is 19.6 Å². The summed E-state index contributed by atoms with van der Waals surface area (Å²) in [7, 11) is 0. The van der Waals surface area contributed by atoms with E-state index in [1.165, 1.54) is 4.90 Å². The summed E-state index contributed by atoms with van der Waals surface area (Å²) in [4.78, 5) is 28.0. The van der Waals surface area contributed by atoms with Gasteiger partial charge in [0.05, 0.1) is 13.2 Å². The number of likely N-dealkylation sites (tertiary alicyclic amines) is 1. The van der Waals surface area contributed by atoms with Gasteiger partial charge in [0.15, 0.2) is 0 Å². The number of hydrogen-bond donors (Lipinski definition) is 1. The Hall–Kier alpha value is -2.70. The fourth-order valence-corrected chi connectivity index (χ4v) is 4.67. The first-order valence-corrected chi connectivity index (χ1v) is 9.94. The zero-order valence-corrected chi connectivity index (χ0v) is 16.6. The summed E-state index contributed by atoms with van der Waals surface area (Å²) in [5, 5.41) is 11.6. The molecule has 2 atom stereocenters. The van der Waals surface area contributed by atoms with Gasteiger partial charge in [0, 0.05) is 13.0 Å². The largest absolute Gasteiger partial charge is 0.465 e. The summed E-state index contributed by atoms with van der Waals surface area (Å²) in [6.45, 7) is 3.89. The van der Waals surface area contributed by atoms with Crippen molar-refractivity contribution in [3.63, 3.8) is 0 Å². The highest BCUT2D eigenvalue weighted by Crippen LogP contribution is 2.61. The van der Waals surface area contributed by atoms with Crippen molar-refractivity contribution < 1.29 is 24.2 Å². The SMILES string of the molecule is CCOC(=O)[C@@]12CC(c3ccccc3)(c3ccccc3)O[C@]1(O)CN(CC)C2=O. The molecule has 6 heteroatoms. The van der Waals surface area contributed by atoms with E-state index in [4.69, 9.17) is 9.47 Å². The van der Waals surface area contributed by atoms with Crippen LogP contribution in [-0.2, 0) is 24.7 Å². The Labute approximate surface area is 170 Å². The number of ether oxygens (including phenoxy) is 2. The quantitative estimate of drug-likeness (QED) is 0.622. The minimum atomic E-state index is -1.99. The molecule has 2 aromatic carbocycles. The number of hydrogen-bond acceptors (Lipinski definition) is 5. The molecule has 0 aliphatic carbocycles. The Morgan fingerprint density at radius 1 is 1.07 bits per heavy atom. The lowest BCUT2D eigenvalue weighted by molar-refractivity contribution is -0.239. The Morgan fingerprint density at radius 3 is 2.10 bits per heavy atom. The van der Waals surface area contributed by atoms with Gasteiger partial charge < -0.3 is 19.5 Å². The van der Waals surface area contributed by atoms with E-state index in [1.807, 2.05) is 67.6 Å². The maximum absolute atomic E-state index is 13.4. The van der Waals surface area contributed by atoms with E-state index in [2.05, 4.69) is 0 Å². The van der Waals surface area contributed by atoms with Gasteiger partial charge in [0.1, 0.15) is 5.60 Å². The van der Waals surface area contributed by atoms with Crippen LogP contribution < -0.4 is 0 Å². The molecule has 29 heavy (non-hydrogen) atoms. The number of benzene rings is 2. The van der Waals surface area contributed by atoms with Crippen LogP contribution >= 0.6 is 0 Å². The number of rotatable bonds is 5. The van der Waals surface area contributed by atoms with Crippen molar-refractivity contribution in [1.82, 2.24) is 4.90 Å².